The maximum atomic E-state index is 6.08. The molecule has 106 valence electrons. The third kappa shape index (κ3) is 3.21. The second-order valence-electron chi connectivity index (χ2n) is 3.82. The van der Waals surface area contributed by atoms with Gasteiger partial charge >= 0.3 is 0 Å². The van der Waals surface area contributed by atoms with Crippen LogP contribution in [0.15, 0.2) is 30.9 Å². The molecule has 0 aliphatic heterocycles. The van der Waals surface area contributed by atoms with Gasteiger partial charge in [-0.2, -0.15) is 24.7 Å². The third-order valence-electron chi connectivity index (χ3n) is 2.40. The number of nitrogens with one attached hydrogen (secondary N) is 1. The molecule has 1 N–H and O–H groups in total. The molecular weight excluding hydrogens is 337 g/mol. The molecule has 0 spiro atoms. The molecule has 3 aromatic rings. The summed E-state index contributed by atoms with van der Waals surface area (Å²) < 4.78 is 1.36. The molecule has 1 aromatic carbocycles. The van der Waals surface area contributed by atoms with E-state index in [4.69, 9.17) is 34.8 Å². The fourth-order valence-corrected chi connectivity index (χ4v) is 2.13. The molecule has 0 aliphatic rings. The molecule has 0 saturated carbocycles. The lowest BCUT2D eigenvalue weighted by molar-refractivity contribution is 0.796. The van der Waals surface area contributed by atoms with Gasteiger partial charge in [-0.15, -0.1) is 0 Å². The van der Waals surface area contributed by atoms with Crippen molar-refractivity contribution in [3.05, 3.63) is 46.2 Å². The topological polar surface area (TPSA) is 81.4 Å². The monoisotopic (exact) mass is 341 g/mol. The van der Waals surface area contributed by atoms with Gasteiger partial charge in [-0.1, -0.05) is 23.2 Å². The van der Waals surface area contributed by atoms with Gasteiger partial charge in [0.1, 0.15) is 12.7 Å². The first kappa shape index (κ1) is 14.0. The first-order chi connectivity index (χ1) is 10.1. The van der Waals surface area contributed by atoms with Crippen molar-refractivity contribution in [2.45, 2.75) is 0 Å². The van der Waals surface area contributed by atoms with Crippen molar-refractivity contribution in [1.29, 1.82) is 0 Å². The van der Waals surface area contributed by atoms with Gasteiger partial charge in [-0.05, 0) is 29.8 Å². The number of hydrogen-bond donors (Lipinski definition) is 1. The maximum Gasteiger partial charge on any atom is 0.258 e. The van der Waals surface area contributed by atoms with Gasteiger partial charge < -0.3 is 5.32 Å². The van der Waals surface area contributed by atoms with Crippen molar-refractivity contribution in [3.63, 3.8) is 0 Å². The van der Waals surface area contributed by atoms with E-state index >= 15 is 0 Å². The standard InChI is InChI=1S/C11H6Cl3N7/c12-6-1-2-8(7(13)3-6)17-10-18-9(14)19-11(20-10)21-5-15-4-16-21/h1-5H,(H,17,18,19,20). The number of aromatic nitrogens is 6. The van der Waals surface area contributed by atoms with Crippen molar-refractivity contribution < 1.29 is 0 Å². The zero-order valence-electron chi connectivity index (χ0n) is 10.2. The predicted molar refractivity (Wildman–Crippen MR) is 79.5 cm³/mol. The van der Waals surface area contributed by atoms with Crippen molar-refractivity contribution >= 4 is 46.4 Å². The Hall–Kier alpha value is -1.96. The van der Waals surface area contributed by atoms with Crippen LogP contribution < -0.4 is 5.32 Å². The molecule has 0 bridgehead atoms. The Labute approximate surface area is 133 Å². The third-order valence-corrected chi connectivity index (χ3v) is 3.11. The van der Waals surface area contributed by atoms with Crippen LogP contribution in [0.5, 0.6) is 0 Å². The molecule has 0 fully saturated rings. The highest BCUT2D eigenvalue weighted by atomic mass is 35.5. The molecule has 0 atom stereocenters. The number of anilines is 2. The van der Waals surface area contributed by atoms with Gasteiger partial charge in [0.2, 0.25) is 11.2 Å². The Morgan fingerprint density at radius 3 is 2.62 bits per heavy atom. The van der Waals surface area contributed by atoms with Gasteiger partial charge in [-0.3, -0.25) is 0 Å². The summed E-state index contributed by atoms with van der Waals surface area (Å²) >= 11 is 17.8. The van der Waals surface area contributed by atoms with E-state index in [0.29, 0.717) is 15.7 Å². The van der Waals surface area contributed by atoms with Crippen LogP contribution in [-0.2, 0) is 0 Å². The average Bonchev–Trinajstić information content (AvgIpc) is 2.95. The Balaban J connectivity index is 1.95. The Morgan fingerprint density at radius 2 is 1.90 bits per heavy atom. The first-order valence-electron chi connectivity index (χ1n) is 5.60. The molecule has 2 aromatic heterocycles. The van der Waals surface area contributed by atoms with Crippen LogP contribution in [0.2, 0.25) is 15.3 Å². The average molecular weight is 343 g/mol. The van der Waals surface area contributed by atoms with Crippen LogP contribution in [0.1, 0.15) is 0 Å². The summed E-state index contributed by atoms with van der Waals surface area (Å²) in [6, 6.07) is 5.00. The van der Waals surface area contributed by atoms with Gasteiger partial charge in [0.05, 0.1) is 10.7 Å². The summed E-state index contributed by atoms with van der Waals surface area (Å²) in [5.74, 6) is 0.463. The van der Waals surface area contributed by atoms with Gasteiger partial charge in [-0.25, -0.2) is 4.98 Å². The lowest BCUT2D eigenvalue weighted by atomic mass is 10.3. The first-order valence-corrected chi connectivity index (χ1v) is 6.74. The van der Waals surface area contributed by atoms with E-state index in [2.05, 4.69) is 30.4 Å². The fraction of sp³-hybridized carbons (Fsp3) is 0. The Kier molecular flexibility index (Phi) is 3.87. The molecule has 3 rings (SSSR count). The SMILES string of the molecule is Clc1ccc(Nc2nc(Cl)nc(-n3cncn3)n2)c(Cl)c1. The molecule has 0 unspecified atom stereocenters. The van der Waals surface area contributed by atoms with E-state index in [1.807, 2.05) is 0 Å². The van der Waals surface area contributed by atoms with Gasteiger partial charge in [0.15, 0.2) is 0 Å². The van der Waals surface area contributed by atoms with Crippen LogP contribution in [0, 0.1) is 0 Å². The zero-order chi connectivity index (χ0) is 14.8. The minimum absolute atomic E-state index is 0.0167. The molecule has 0 radical (unpaired) electrons. The largest absolute Gasteiger partial charge is 0.323 e. The number of hydrogen-bond acceptors (Lipinski definition) is 6. The molecule has 2 heterocycles. The highest BCUT2D eigenvalue weighted by Crippen LogP contribution is 2.27. The fourth-order valence-electron chi connectivity index (χ4n) is 1.52. The molecular formula is C11H6Cl3N7. The molecule has 21 heavy (non-hydrogen) atoms. The summed E-state index contributed by atoms with van der Waals surface area (Å²) in [6.07, 6.45) is 2.81. The van der Waals surface area contributed by atoms with E-state index in [1.165, 1.54) is 17.3 Å². The maximum absolute atomic E-state index is 6.08. The van der Waals surface area contributed by atoms with Gasteiger partial charge in [0, 0.05) is 5.02 Å². The smallest absolute Gasteiger partial charge is 0.258 e. The molecule has 0 amide bonds. The molecule has 0 aliphatic carbocycles. The number of benzene rings is 1. The van der Waals surface area contributed by atoms with E-state index in [0.717, 1.165) is 0 Å². The minimum atomic E-state index is 0.0167. The van der Waals surface area contributed by atoms with Crippen LogP contribution in [0.25, 0.3) is 5.95 Å². The zero-order valence-corrected chi connectivity index (χ0v) is 12.5. The Morgan fingerprint density at radius 1 is 1.05 bits per heavy atom. The van der Waals surface area contributed by atoms with Crippen LogP contribution in [-0.4, -0.2) is 29.7 Å². The summed E-state index contributed by atoms with van der Waals surface area (Å²) in [5.41, 5.74) is 0.591. The van der Waals surface area contributed by atoms with Crippen molar-refractivity contribution in [2.75, 3.05) is 5.32 Å². The normalized spacial score (nSPS) is 10.6. The van der Waals surface area contributed by atoms with Crippen LogP contribution in [0.4, 0.5) is 11.6 Å². The summed E-state index contributed by atoms with van der Waals surface area (Å²) in [6.45, 7) is 0. The highest BCUT2D eigenvalue weighted by molar-refractivity contribution is 6.36. The predicted octanol–water partition coefficient (Wildman–Crippen LogP) is 3.16. The minimum Gasteiger partial charge on any atom is -0.323 e. The summed E-state index contributed by atoms with van der Waals surface area (Å²) in [4.78, 5) is 15.9. The number of nitrogens with zero attached hydrogens (tertiary/aromatic N) is 6. The van der Waals surface area contributed by atoms with E-state index in [-0.39, 0.29) is 17.2 Å². The second kappa shape index (κ2) is 5.80. The lowest BCUT2D eigenvalue weighted by Gasteiger charge is -2.08. The van der Waals surface area contributed by atoms with Crippen molar-refractivity contribution in [3.8, 4) is 5.95 Å². The van der Waals surface area contributed by atoms with Crippen molar-refractivity contribution in [2.24, 2.45) is 0 Å². The second-order valence-corrected chi connectivity index (χ2v) is 5.00. The Bertz CT molecular complexity index is 775. The van der Waals surface area contributed by atoms with Crippen LogP contribution >= 0.6 is 34.8 Å². The van der Waals surface area contributed by atoms with Crippen LogP contribution in [0.3, 0.4) is 0 Å². The highest BCUT2D eigenvalue weighted by Gasteiger charge is 2.09. The molecule has 0 saturated heterocycles. The number of halogens is 3. The quantitative estimate of drug-likeness (QED) is 0.787. The number of rotatable bonds is 3. The van der Waals surface area contributed by atoms with E-state index < -0.39 is 0 Å². The molecule has 10 heteroatoms. The van der Waals surface area contributed by atoms with E-state index in [9.17, 15) is 0 Å². The summed E-state index contributed by atoms with van der Waals surface area (Å²) in [7, 11) is 0. The van der Waals surface area contributed by atoms with Gasteiger partial charge in [0.25, 0.3) is 5.95 Å². The van der Waals surface area contributed by atoms with E-state index in [1.54, 1.807) is 18.2 Å². The lowest BCUT2D eigenvalue weighted by Crippen LogP contribution is -2.07. The summed E-state index contributed by atoms with van der Waals surface area (Å²) in [5, 5.41) is 7.85. The molecule has 7 nitrogen and oxygen atoms in total. The van der Waals surface area contributed by atoms with Crippen molar-refractivity contribution in [1.82, 2.24) is 29.7 Å².